The summed E-state index contributed by atoms with van der Waals surface area (Å²) in [6.07, 6.45) is 7.70. The summed E-state index contributed by atoms with van der Waals surface area (Å²) >= 11 is 6.22. The first kappa shape index (κ1) is 12.7. The highest BCUT2D eigenvalue weighted by Gasteiger charge is 2.16. The lowest BCUT2D eigenvalue weighted by atomic mass is 9.90. The summed E-state index contributed by atoms with van der Waals surface area (Å²) in [6.45, 7) is 2.06. The molecule has 0 N–H and O–H groups in total. The van der Waals surface area contributed by atoms with E-state index in [-0.39, 0.29) is 5.38 Å². The van der Waals surface area contributed by atoms with Gasteiger partial charge in [0.25, 0.3) is 0 Å². The van der Waals surface area contributed by atoms with Gasteiger partial charge >= 0.3 is 0 Å². The lowest BCUT2D eigenvalue weighted by molar-refractivity contribution is 0.673. The van der Waals surface area contributed by atoms with Gasteiger partial charge in [-0.3, -0.25) is 0 Å². The van der Waals surface area contributed by atoms with Crippen molar-refractivity contribution in [1.29, 1.82) is 0 Å². The zero-order valence-corrected chi connectivity index (χ0v) is 11.9. The van der Waals surface area contributed by atoms with Crippen molar-refractivity contribution in [1.82, 2.24) is 15.0 Å². The first-order chi connectivity index (χ1) is 9.29. The van der Waals surface area contributed by atoms with Gasteiger partial charge in [-0.2, -0.15) is 0 Å². The molecule has 0 saturated heterocycles. The Bertz CT molecular complexity index is 577. The van der Waals surface area contributed by atoms with Gasteiger partial charge < -0.3 is 0 Å². The van der Waals surface area contributed by atoms with E-state index in [1.807, 2.05) is 10.9 Å². The Morgan fingerprint density at radius 3 is 3.00 bits per heavy atom. The van der Waals surface area contributed by atoms with E-state index in [2.05, 4.69) is 35.4 Å². The van der Waals surface area contributed by atoms with Crippen molar-refractivity contribution in [3.63, 3.8) is 0 Å². The summed E-state index contributed by atoms with van der Waals surface area (Å²) in [5.74, 6) is 0. The van der Waals surface area contributed by atoms with Crippen LogP contribution >= 0.6 is 11.6 Å². The molecular formula is C15H18ClN3. The fourth-order valence-corrected chi connectivity index (χ4v) is 2.82. The third-order valence-electron chi connectivity index (χ3n) is 3.81. The van der Waals surface area contributed by atoms with Crippen molar-refractivity contribution in [2.24, 2.45) is 0 Å². The Labute approximate surface area is 118 Å². The minimum absolute atomic E-state index is 0.0479. The SMILES string of the molecule is CCC(Cl)c1cn(-c2cccc3c2CCCC3)nn1. The number of aryl methyl sites for hydroxylation is 1. The predicted molar refractivity (Wildman–Crippen MR) is 76.9 cm³/mol. The fourth-order valence-electron chi connectivity index (χ4n) is 2.72. The molecule has 0 amide bonds. The lowest BCUT2D eigenvalue weighted by Crippen LogP contribution is -2.08. The quantitative estimate of drug-likeness (QED) is 0.797. The highest BCUT2D eigenvalue weighted by molar-refractivity contribution is 6.20. The van der Waals surface area contributed by atoms with Gasteiger partial charge in [-0.1, -0.05) is 24.3 Å². The number of halogens is 1. The molecule has 3 rings (SSSR count). The standard InChI is InChI=1S/C15H18ClN3/c1-2-13(16)14-10-19(18-17-14)15-9-5-7-11-6-3-4-8-12(11)15/h5,7,9-10,13H,2-4,6,8H2,1H3. The van der Waals surface area contributed by atoms with Crippen molar-refractivity contribution >= 4 is 11.6 Å². The molecule has 3 nitrogen and oxygen atoms in total. The van der Waals surface area contributed by atoms with Crippen LogP contribution in [0.3, 0.4) is 0 Å². The monoisotopic (exact) mass is 275 g/mol. The van der Waals surface area contributed by atoms with Gasteiger partial charge in [0.05, 0.1) is 17.3 Å². The first-order valence-electron chi connectivity index (χ1n) is 6.97. The van der Waals surface area contributed by atoms with Gasteiger partial charge in [0.15, 0.2) is 0 Å². The van der Waals surface area contributed by atoms with Gasteiger partial charge in [0.2, 0.25) is 0 Å². The van der Waals surface area contributed by atoms with Crippen molar-refractivity contribution in [3.05, 3.63) is 41.2 Å². The average molecular weight is 276 g/mol. The van der Waals surface area contributed by atoms with Crippen LogP contribution in [0.1, 0.15) is 48.4 Å². The number of nitrogens with zero attached hydrogens (tertiary/aromatic N) is 3. The van der Waals surface area contributed by atoms with Crippen LogP contribution < -0.4 is 0 Å². The van der Waals surface area contributed by atoms with Gasteiger partial charge in [0, 0.05) is 0 Å². The second-order valence-electron chi connectivity index (χ2n) is 5.09. The average Bonchev–Trinajstić information content (AvgIpc) is 2.95. The second kappa shape index (κ2) is 5.33. The molecule has 4 heteroatoms. The van der Waals surface area contributed by atoms with E-state index < -0.39 is 0 Å². The summed E-state index contributed by atoms with van der Waals surface area (Å²) in [6, 6.07) is 6.46. The highest BCUT2D eigenvalue weighted by Crippen LogP contribution is 2.28. The lowest BCUT2D eigenvalue weighted by Gasteiger charge is -2.18. The van der Waals surface area contributed by atoms with Crippen molar-refractivity contribution in [2.75, 3.05) is 0 Å². The second-order valence-corrected chi connectivity index (χ2v) is 5.61. The smallest absolute Gasteiger partial charge is 0.101 e. The fraction of sp³-hybridized carbons (Fsp3) is 0.467. The van der Waals surface area contributed by atoms with Crippen LogP contribution in [0.4, 0.5) is 0 Å². The molecule has 19 heavy (non-hydrogen) atoms. The normalized spacial score (nSPS) is 16.1. The van der Waals surface area contributed by atoms with Crippen LogP contribution in [0.15, 0.2) is 24.4 Å². The van der Waals surface area contributed by atoms with E-state index >= 15 is 0 Å². The summed E-state index contributed by atoms with van der Waals surface area (Å²) in [4.78, 5) is 0. The summed E-state index contributed by atoms with van der Waals surface area (Å²) < 4.78 is 1.88. The van der Waals surface area contributed by atoms with E-state index in [0.717, 1.165) is 24.2 Å². The molecule has 0 bridgehead atoms. The maximum atomic E-state index is 6.22. The Hall–Kier alpha value is -1.35. The molecule has 100 valence electrons. The molecule has 1 aliphatic carbocycles. The third-order valence-corrected chi connectivity index (χ3v) is 4.34. The van der Waals surface area contributed by atoms with E-state index in [1.165, 1.54) is 30.4 Å². The zero-order chi connectivity index (χ0) is 13.2. The highest BCUT2D eigenvalue weighted by atomic mass is 35.5. The van der Waals surface area contributed by atoms with Crippen LogP contribution in [0.2, 0.25) is 0 Å². The molecule has 0 saturated carbocycles. The maximum absolute atomic E-state index is 6.22. The number of fused-ring (bicyclic) bond motifs is 1. The van der Waals surface area contributed by atoms with E-state index in [1.54, 1.807) is 0 Å². The van der Waals surface area contributed by atoms with Crippen LogP contribution in [0, 0.1) is 0 Å². The Kier molecular flexibility index (Phi) is 3.56. The van der Waals surface area contributed by atoms with Gasteiger partial charge in [-0.15, -0.1) is 16.7 Å². The van der Waals surface area contributed by atoms with Gasteiger partial charge in [-0.05, 0) is 49.3 Å². The van der Waals surface area contributed by atoms with Gasteiger partial charge in [-0.25, -0.2) is 4.68 Å². The molecule has 1 atom stereocenters. The number of aromatic nitrogens is 3. The van der Waals surface area contributed by atoms with E-state index in [9.17, 15) is 0 Å². The van der Waals surface area contributed by atoms with Gasteiger partial charge in [0.1, 0.15) is 5.69 Å². The topological polar surface area (TPSA) is 30.7 Å². The number of hydrogen-bond acceptors (Lipinski definition) is 2. The van der Waals surface area contributed by atoms with Crippen molar-refractivity contribution in [3.8, 4) is 5.69 Å². The number of rotatable bonds is 3. The van der Waals surface area contributed by atoms with Crippen LogP contribution in [0.5, 0.6) is 0 Å². The van der Waals surface area contributed by atoms with E-state index in [0.29, 0.717) is 0 Å². The summed E-state index contributed by atoms with van der Waals surface area (Å²) in [7, 11) is 0. The summed E-state index contributed by atoms with van der Waals surface area (Å²) in [5, 5.41) is 8.39. The Balaban J connectivity index is 2.00. The molecule has 0 fully saturated rings. The number of alkyl halides is 1. The third kappa shape index (κ3) is 2.39. The largest absolute Gasteiger partial charge is 0.220 e. The molecule has 0 spiro atoms. The zero-order valence-electron chi connectivity index (χ0n) is 11.1. The van der Waals surface area contributed by atoms with Crippen molar-refractivity contribution in [2.45, 2.75) is 44.4 Å². The summed E-state index contributed by atoms with van der Waals surface area (Å²) in [5.41, 5.74) is 4.90. The molecule has 2 aromatic rings. The molecule has 1 unspecified atom stereocenters. The molecule has 1 heterocycles. The molecule has 0 aliphatic heterocycles. The minimum atomic E-state index is -0.0479. The Morgan fingerprint density at radius 2 is 2.16 bits per heavy atom. The number of hydrogen-bond donors (Lipinski definition) is 0. The van der Waals surface area contributed by atoms with Crippen LogP contribution in [-0.2, 0) is 12.8 Å². The molecule has 1 aromatic carbocycles. The predicted octanol–water partition coefficient (Wildman–Crippen LogP) is 3.84. The molecular weight excluding hydrogens is 258 g/mol. The maximum Gasteiger partial charge on any atom is 0.101 e. The van der Waals surface area contributed by atoms with E-state index in [4.69, 9.17) is 11.6 Å². The molecule has 1 aromatic heterocycles. The Morgan fingerprint density at radius 1 is 1.32 bits per heavy atom. The molecule has 0 radical (unpaired) electrons. The van der Waals surface area contributed by atoms with Crippen LogP contribution in [-0.4, -0.2) is 15.0 Å². The minimum Gasteiger partial charge on any atom is -0.220 e. The molecule has 1 aliphatic rings. The van der Waals surface area contributed by atoms with Crippen molar-refractivity contribution < 1.29 is 0 Å². The number of benzene rings is 1. The van der Waals surface area contributed by atoms with Crippen LogP contribution in [0.25, 0.3) is 5.69 Å². The first-order valence-corrected chi connectivity index (χ1v) is 7.40.